The first-order valence-electron chi connectivity index (χ1n) is 10.7. The molecule has 0 atom stereocenters. The third-order valence-electron chi connectivity index (χ3n) is 5.11. The Bertz CT molecular complexity index is 1110. The van der Waals surface area contributed by atoms with Crippen molar-refractivity contribution in [1.29, 1.82) is 0 Å². The first-order valence-corrected chi connectivity index (χ1v) is 10.7. The van der Waals surface area contributed by atoms with Crippen molar-refractivity contribution in [3.05, 3.63) is 81.0 Å². The number of H-pyrrole nitrogens is 1. The highest BCUT2D eigenvalue weighted by atomic mass is 16.5. The third kappa shape index (κ3) is 5.72. The summed E-state index contributed by atoms with van der Waals surface area (Å²) in [5, 5.41) is 0. The zero-order valence-corrected chi connectivity index (χ0v) is 18.5. The van der Waals surface area contributed by atoms with Crippen molar-refractivity contribution >= 4 is 11.5 Å². The molecule has 0 bridgehead atoms. The number of nitrogen functional groups attached to an aromatic ring is 1. The Balaban J connectivity index is 1.73. The molecule has 1 heterocycles. The maximum Gasteiger partial charge on any atom is 0.330 e. The fraction of sp³-hybridized carbons (Fsp3) is 0.333. The zero-order chi connectivity index (χ0) is 22.9. The molecule has 2 aromatic carbocycles. The van der Waals surface area contributed by atoms with Crippen LogP contribution in [0.4, 0.5) is 11.5 Å². The molecule has 1 aromatic heterocycles. The Morgan fingerprint density at radius 2 is 1.69 bits per heavy atom. The number of benzene rings is 2. The lowest BCUT2D eigenvalue weighted by atomic mass is 10.2. The molecule has 0 radical (unpaired) electrons. The van der Waals surface area contributed by atoms with Gasteiger partial charge in [-0.05, 0) is 42.7 Å². The van der Waals surface area contributed by atoms with E-state index in [4.69, 9.17) is 15.2 Å². The smallest absolute Gasteiger partial charge is 0.330 e. The van der Waals surface area contributed by atoms with Crippen LogP contribution < -0.4 is 31.4 Å². The number of aromatic nitrogens is 2. The van der Waals surface area contributed by atoms with Gasteiger partial charge in [0.2, 0.25) is 0 Å². The van der Waals surface area contributed by atoms with E-state index < -0.39 is 11.2 Å². The molecule has 0 spiro atoms. The largest absolute Gasteiger partial charge is 0.497 e. The van der Waals surface area contributed by atoms with Crippen LogP contribution in [0.2, 0.25) is 0 Å². The maximum atomic E-state index is 12.7. The first-order chi connectivity index (χ1) is 15.5. The second kappa shape index (κ2) is 11.1. The highest BCUT2D eigenvalue weighted by Crippen LogP contribution is 2.20. The number of hydrogen-bond donors (Lipinski definition) is 2. The van der Waals surface area contributed by atoms with Crippen LogP contribution in [0.15, 0.2) is 64.2 Å². The normalized spacial score (nSPS) is 10.7. The highest BCUT2D eigenvalue weighted by molar-refractivity contribution is 5.62. The van der Waals surface area contributed by atoms with Gasteiger partial charge in [-0.3, -0.25) is 14.3 Å². The van der Waals surface area contributed by atoms with E-state index in [1.54, 1.807) is 7.11 Å². The average molecular weight is 439 g/mol. The summed E-state index contributed by atoms with van der Waals surface area (Å²) in [6, 6.07) is 16.9. The lowest BCUT2D eigenvalue weighted by Gasteiger charge is -2.26. The third-order valence-corrected chi connectivity index (χ3v) is 5.11. The molecule has 8 heteroatoms. The Morgan fingerprint density at radius 3 is 2.34 bits per heavy atom. The molecule has 0 amide bonds. The van der Waals surface area contributed by atoms with Gasteiger partial charge in [-0.1, -0.05) is 37.3 Å². The van der Waals surface area contributed by atoms with Gasteiger partial charge in [-0.2, -0.15) is 0 Å². The van der Waals surface area contributed by atoms with Crippen LogP contribution in [0, 0.1) is 0 Å². The monoisotopic (exact) mass is 438 g/mol. The molecule has 0 unspecified atom stereocenters. The number of hydrogen-bond acceptors (Lipinski definition) is 6. The lowest BCUT2D eigenvalue weighted by Crippen LogP contribution is -2.39. The van der Waals surface area contributed by atoms with Gasteiger partial charge in [0.25, 0.3) is 5.56 Å². The first kappa shape index (κ1) is 23.0. The molecule has 3 aromatic rings. The van der Waals surface area contributed by atoms with E-state index in [9.17, 15) is 9.59 Å². The minimum atomic E-state index is -0.514. The van der Waals surface area contributed by atoms with E-state index in [0.29, 0.717) is 31.8 Å². The Kier molecular flexibility index (Phi) is 7.96. The van der Waals surface area contributed by atoms with E-state index in [1.807, 2.05) is 66.4 Å². The van der Waals surface area contributed by atoms with Crippen LogP contribution in [0.3, 0.4) is 0 Å². The lowest BCUT2D eigenvalue weighted by molar-refractivity contribution is 0.311. The summed E-state index contributed by atoms with van der Waals surface area (Å²) in [5.41, 5.74) is 6.61. The highest BCUT2D eigenvalue weighted by Gasteiger charge is 2.18. The minimum Gasteiger partial charge on any atom is -0.497 e. The van der Waals surface area contributed by atoms with Gasteiger partial charge in [-0.25, -0.2) is 4.79 Å². The maximum absolute atomic E-state index is 12.7. The summed E-state index contributed by atoms with van der Waals surface area (Å²) < 4.78 is 12.4. The van der Waals surface area contributed by atoms with Gasteiger partial charge in [-0.15, -0.1) is 0 Å². The molecular formula is C24H30N4O4. The van der Waals surface area contributed by atoms with E-state index in [1.165, 1.54) is 4.57 Å². The summed E-state index contributed by atoms with van der Waals surface area (Å²) in [6.45, 7) is 4.01. The molecule has 0 aliphatic carbocycles. The Hall–Kier alpha value is -3.68. The molecule has 170 valence electrons. The summed E-state index contributed by atoms with van der Waals surface area (Å²) in [6.07, 6.45) is 1.51. The molecule has 3 rings (SSSR count). The molecule has 8 nitrogen and oxygen atoms in total. The Labute approximate surface area is 187 Å². The van der Waals surface area contributed by atoms with Crippen LogP contribution in [-0.4, -0.2) is 36.4 Å². The number of nitrogens with one attached hydrogen (secondary N) is 1. The van der Waals surface area contributed by atoms with Crippen molar-refractivity contribution in [3.63, 3.8) is 0 Å². The molecular weight excluding hydrogens is 408 g/mol. The number of methoxy groups -OCH3 is 1. The van der Waals surface area contributed by atoms with Crippen molar-refractivity contribution in [2.24, 2.45) is 0 Å². The molecule has 0 saturated heterocycles. The second-order valence-corrected chi connectivity index (χ2v) is 7.43. The summed E-state index contributed by atoms with van der Waals surface area (Å²) >= 11 is 0. The average Bonchev–Trinajstić information content (AvgIpc) is 2.80. The molecule has 0 fully saturated rings. The van der Waals surface area contributed by atoms with Crippen LogP contribution in [0.1, 0.15) is 25.3 Å². The van der Waals surface area contributed by atoms with Gasteiger partial charge in [0.15, 0.2) is 0 Å². The predicted molar refractivity (Wildman–Crippen MR) is 127 cm³/mol. The van der Waals surface area contributed by atoms with Crippen LogP contribution >= 0.6 is 0 Å². The summed E-state index contributed by atoms with van der Waals surface area (Å²) in [5.74, 6) is 1.69. The van der Waals surface area contributed by atoms with Crippen LogP contribution in [0.5, 0.6) is 11.5 Å². The van der Waals surface area contributed by atoms with Crippen LogP contribution in [0.25, 0.3) is 0 Å². The minimum absolute atomic E-state index is 0.173. The number of anilines is 2. The zero-order valence-electron chi connectivity index (χ0n) is 18.5. The molecule has 3 N–H and O–H groups in total. The van der Waals surface area contributed by atoms with E-state index in [2.05, 4.69) is 4.98 Å². The topological polar surface area (TPSA) is 103 Å². The summed E-state index contributed by atoms with van der Waals surface area (Å²) in [7, 11) is 1.62. The van der Waals surface area contributed by atoms with Gasteiger partial charge >= 0.3 is 5.69 Å². The van der Waals surface area contributed by atoms with Gasteiger partial charge in [0.1, 0.15) is 23.0 Å². The molecule has 0 aliphatic rings. The molecule has 0 saturated carbocycles. The predicted octanol–water partition coefficient (Wildman–Crippen LogP) is 2.86. The van der Waals surface area contributed by atoms with Gasteiger partial charge in [0, 0.05) is 13.1 Å². The number of rotatable bonds is 11. The number of aromatic amines is 1. The summed E-state index contributed by atoms with van der Waals surface area (Å²) in [4.78, 5) is 29.4. The van der Waals surface area contributed by atoms with E-state index in [-0.39, 0.29) is 12.4 Å². The Morgan fingerprint density at radius 1 is 1.00 bits per heavy atom. The molecule has 32 heavy (non-hydrogen) atoms. The van der Waals surface area contributed by atoms with Crippen molar-refractivity contribution < 1.29 is 9.47 Å². The van der Waals surface area contributed by atoms with Crippen molar-refractivity contribution in [2.75, 3.05) is 37.4 Å². The standard InChI is InChI=1S/C24H30N4O4/c1-3-14-27(15-7-16-32-20-12-10-19(31-2)11-13-20)21-22(25)28(24(30)26-23(21)29)17-18-8-5-4-6-9-18/h4-6,8-13H,3,7,14-17,25H2,1-2H3,(H,26,29,30). The van der Waals surface area contributed by atoms with Gasteiger partial charge in [0.05, 0.1) is 20.3 Å². The SMILES string of the molecule is CCCN(CCCOc1ccc(OC)cc1)c1c(N)n(Cc2ccccc2)c(=O)[nH]c1=O. The van der Waals surface area contributed by atoms with Crippen molar-refractivity contribution in [3.8, 4) is 11.5 Å². The second-order valence-electron chi connectivity index (χ2n) is 7.43. The quantitative estimate of drug-likeness (QED) is 0.446. The fourth-order valence-corrected chi connectivity index (χ4v) is 3.53. The molecule has 0 aliphatic heterocycles. The number of nitrogens with two attached hydrogens (primary N) is 1. The van der Waals surface area contributed by atoms with E-state index in [0.717, 1.165) is 23.5 Å². The number of nitrogens with zero attached hydrogens (tertiary/aromatic N) is 2. The van der Waals surface area contributed by atoms with E-state index >= 15 is 0 Å². The van der Waals surface area contributed by atoms with Crippen molar-refractivity contribution in [1.82, 2.24) is 9.55 Å². The number of ether oxygens (including phenoxy) is 2. The van der Waals surface area contributed by atoms with Gasteiger partial charge < -0.3 is 20.1 Å². The van der Waals surface area contributed by atoms with Crippen molar-refractivity contribution in [2.45, 2.75) is 26.3 Å². The fourth-order valence-electron chi connectivity index (χ4n) is 3.53. The van der Waals surface area contributed by atoms with Crippen LogP contribution in [-0.2, 0) is 6.54 Å².